The summed E-state index contributed by atoms with van der Waals surface area (Å²) in [5.41, 5.74) is 3.06. The Kier molecular flexibility index (Phi) is 6.17. The molecular formula is C17H24N4O2. The number of aromatic nitrogens is 2. The molecule has 0 aliphatic carbocycles. The standard InChI is InChI=1S/C17H24N4O2/c1-13-15(17(23-3)21(2)20-13)12-18-10-9-16(22)19-11-14-7-5-4-6-8-14/h4-8,18H,9-12H2,1-3H3,(H,19,22). The number of ether oxygens (including phenoxy) is 1. The van der Waals surface area contributed by atoms with Gasteiger partial charge in [0, 0.05) is 33.1 Å². The topological polar surface area (TPSA) is 68.2 Å². The van der Waals surface area contributed by atoms with Crippen molar-refractivity contribution in [2.75, 3.05) is 13.7 Å². The quantitative estimate of drug-likeness (QED) is 0.725. The molecule has 0 radical (unpaired) electrons. The van der Waals surface area contributed by atoms with Crippen molar-refractivity contribution in [2.45, 2.75) is 26.4 Å². The second-order valence-corrected chi connectivity index (χ2v) is 5.39. The van der Waals surface area contributed by atoms with Gasteiger partial charge in [-0.15, -0.1) is 0 Å². The number of hydrogen-bond donors (Lipinski definition) is 2. The summed E-state index contributed by atoms with van der Waals surface area (Å²) in [6, 6.07) is 9.88. The van der Waals surface area contributed by atoms with E-state index in [1.165, 1.54) is 0 Å². The zero-order chi connectivity index (χ0) is 16.7. The number of rotatable bonds is 8. The first-order valence-electron chi connectivity index (χ1n) is 7.69. The van der Waals surface area contributed by atoms with Crippen LogP contribution in [0.4, 0.5) is 0 Å². The van der Waals surface area contributed by atoms with Gasteiger partial charge in [0.2, 0.25) is 11.8 Å². The van der Waals surface area contributed by atoms with E-state index in [1.807, 2.05) is 44.3 Å². The second-order valence-electron chi connectivity index (χ2n) is 5.39. The van der Waals surface area contributed by atoms with Crippen LogP contribution in [-0.4, -0.2) is 29.3 Å². The first kappa shape index (κ1) is 17.0. The van der Waals surface area contributed by atoms with Crippen LogP contribution in [0.15, 0.2) is 30.3 Å². The van der Waals surface area contributed by atoms with E-state index in [0.717, 1.165) is 22.7 Å². The number of carbonyl (C=O) groups excluding carboxylic acids is 1. The maximum Gasteiger partial charge on any atom is 0.221 e. The van der Waals surface area contributed by atoms with Gasteiger partial charge in [0.25, 0.3) is 0 Å². The first-order chi connectivity index (χ1) is 11.1. The van der Waals surface area contributed by atoms with Gasteiger partial charge in [0.1, 0.15) is 0 Å². The fraction of sp³-hybridized carbons (Fsp3) is 0.412. The summed E-state index contributed by atoms with van der Waals surface area (Å²) < 4.78 is 7.06. The maximum absolute atomic E-state index is 11.8. The maximum atomic E-state index is 11.8. The van der Waals surface area contributed by atoms with Crippen LogP contribution in [0.2, 0.25) is 0 Å². The number of nitrogens with zero attached hydrogens (tertiary/aromatic N) is 2. The minimum absolute atomic E-state index is 0.0382. The van der Waals surface area contributed by atoms with Crippen LogP contribution in [0.1, 0.15) is 23.2 Å². The zero-order valence-corrected chi connectivity index (χ0v) is 13.9. The minimum Gasteiger partial charge on any atom is -0.481 e. The fourth-order valence-corrected chi connectivity index (χ4v) is 2.44. The molecule has 0 aliphatic heterocycles. The van der Waals surface area contributed by atoms with E-state index in [-0.39, 0.29) is 5.91 Å². The van der Waals surface area contributed by atoms with Gasteiger partial charge in [-0.05, 0) is 12.5 Å². The van der Waals surface area contributed by atoms with Crippen LogP contribution < -0.4 is 15.4 Å². The molecule has 0 atom stereocenters. The lowest BCUT2D eigenvalue weighted by molar-refractivity contribution is -0.121. The highest BCUT2D eigenvalue weighted by atomic mass is 16.5. The molecule has 1 aromatic heterocycles. The van der Waals surface area contributed by atoms with Gasteiger partial charge in [-0.25, -0.2) is 4.68 Å². The molecule has 0 fully saturated rings. The van der Waals surface area contributed by atoms with Crippen molar-refractivity contribution in [3.8, 4) is 5.88 Å². The predicted octanol–water partition coefficient (Wildman–Crippen LogP) is 1.53. The van der Waals surface area contributed by atoms with Crippen molar-refractivity contribution in [2.24, 2.45) is 7.05 Å². The summed E-state index contributed by atoms with van der Waals surface area (Å²) in [6.45, 7) is 3.76. The third kappa shape index (κ3) is 4.82. The number of aryl methyl sites for hydroxylation is 2. The van der Waals surface area contributed by atoms with E-state index in [4.69, 9.17) is 4.74 Å². The van der Waals surface area contributed by atoms with Gasteiger partial charge in [0.15, 0.2) is 0 Å². The second kappa shape index (κ2) is 8.33. The van der Waals surface area contributed by atoms with Crippen molar-refractivity contribution in [3.05, 3.63) is 47.2 Å². The molecular weight excluding hydrogens is 292 g/mol. The lowest BCUT2D eigenvalue weighted by Gasteiger charge is -2.08. The molecule has 6 heteroatoms. The van der Waals surface area contributed by atoms with Gasteiger partial charge < -0.3 is 15.4 Å². The summed E-state index contributed by atoms with van der Waals surface area (Å²) >= 11 is 0. The molecule has 1 amide bonds. The van der Waals surface area contributed by atoms with E-state index in [2.05, 4.69) is 15.7 Å². The largest absolute Gasteiger partial charge is 0.481 e. The number of carbonyl (C=O) groups is 1. The Morgan fingerprint density at radius 2 is 2.00 bits per heavy atom. The Balaban J connectivity index is 1.70. The molecule has 2 rings (SSSR count). The Bertz CT molecular complexity index is 638. The molecule has 0 unspecified atom stereocenters. The molecule has 124 valence electrons. The van der Waals surface area contributed by atoms with Crippen LogP contribution >= 0.6 is 0 Å². The van der Waals surface area contributed by atoms with Gasteiger partial charge >= 0.3 is 0 Å². The van der Waals surface area contributed by atoms with E-state index < -0.39 is 0 Å². The average Bonchev–Trinajstić information content (AvgIpc) is 2.83. The highest BCUT2D eigenvalue weighted by molar-refractivity contribution is 5.76. The van der Waals surface area contributed by atoms with Crippen molar-refractivity contribution in [3.63, 3.8) is 0 Å². The predicted molar refractivity (Wildman–Crippen MR) is 89.1 cm³/mol. The molecule has 1 aromatic carbocycles. The highest BCUT2D eigenvalue weighted by Gasteiger charge is 2.13. The lowest BCUT2D eigenvalue weighted by atomic mass is 10.2. The molecule has 0 spiro atoms. The van der Waals surface area contributed by atoms with Crippen LogP contribution in [-0.2, 0) is 24.9 Å². The zero-order valence-electron chi connectivity index (χ0n) is 13.9. The van der Waals surface area contributed by atoms with Crippen molar-refractivity contribution in [1.82, 2.24) is 20.4 Å². The van der Waals surface area contributed by atoms with Crippen LogP contribution in [0.5, 0.6) is 5.88 Å². The summed E-state index contributed by atoms with van der Waals surface area (Å²) in [5.74, 6) is 0.791. The molecule has 0 saturated carbocycles. The Hall–Kier alpha value is -2.34. The van der Waals surface area contributed by atoms with Gasteiger partial charge in [-0.3, -0.25) is 4.79 Å². The van der Waals surface area contributed by atoms with Crippen LogP contribution in [0.3, 0.4) is 0 Å². The summed E-state index contributed by atoms with van der Waals surface area (Å²) in [4.78, 5) is 11.8. The van der Waals surface area contributed by atoms with E-state index >= 15 is 0 Å². The normalized spacial score (nSPS) is 10.6. The van der Waals surface area contributed by atoms with Crippen molar-refractivity contribution >= 4 is 5.91 Å². The van der Waals surface area contributed by atoms with Gasteiger partial charge in [-0.2, -0.15) is 5.10 Å². The molecule has 2 aromatic rings. The third-order valence-corrected chi connectivity index (χ3v) is 3.65. The molecule has 23 heavy (non-hydrogen) atoms. The summed E-state index contributed by atoms with van der Waals surface area (Å²) in [6.07, 6.45) is 0.439. The Morgan fingerprint density at radius 3 is 2.70 bits per heavy atom. The molecule has 6 nitrogen and oxygen atoms in total. The SMILES string of the molecule is COc1c(CNCCC(=O)NCc2ccccc2)c(C)nn1C. The Morgan fingerprint density at radius 1 is 1.26 bits per heavy atom. The van der Waals surface area contributed by atoms with Crippen LogP contribution in [0, 0.1) is 6.92 Å². The van der Waals surface area contributed by atoms with Crippen LogP contribution in [0.25, 0.3) is 0 Å². The Labute approximate surface area is 136 Å². The lowest BCUT2D eigenvalue weighted by Crippen LogP contribution is -2.27. The molecule has 0 saturated heterocycles. The number of hydrogen-bond acceptors (Lipinski definition) is 4. The number of benzene rings is 1. The van der Waals surface area contributed by atoms with E-state index in [1.54, 1.807) is 11.8 Å². The molecule has 0 bridgehead atoms. The molecule has 0 aliphatic rings. The number of amides is 1. The van der Waals surface area contributed by atoms with Crippen molar-refractivity contribution < 1.29 is 9.53 Å². The summed E-state index contributed by atoms with van der Waals surface area (Å²) in [5, 5.41) is 10.5. The van der Waals surface area contributed by atoms with Crippen molar-refractivity contribution in [1.29, 1.82) is 0 Å². The molecule has 2 N–H and O–H groups in total. The highest BCUT2D eigenvalue weighted by Crippen LogP contribution is 2.20. The van der Waals surface area contributed by atoms with Gasteiger partial charge in [-0.1, -0.05) is 30.3 Å². The fourth-order valence-electron chi connectivity index (χ4n) is 2.44. The van der Waals surface area contributed by atoms with Gasteiger partial charge in [0.05, 0.1) is 18.4 Å². The van der Waals surface area contributed by atoms with E-state index in [0.29, 0.717) is 26.1 Å². The smallest absolute Gasteiger partial charge is 0.221 e. The first-order valence-corrected chi connectivity index (χ1v) is 7.69. The summed E-state index contributed by atoms with van der Waals surface area (Å²) in [7, 11) is 3.49. The number of methoxy groups -OCH3 is 1. The third-order valence-electron chi connectivity index (χ3n) is 3.65. The minimum atomic E-state index is 0.0382. The number of nitrogens with one attached hydrogen (secondary N) is 2. The average molecular weight is 316 g/mol. The molecule has 1 heterocycles. The monoisotopic (exact) mass is 316 g/mol. The van der Waals surface area contributed by atoms with E-state index in [9.17, 15) is 4.79 Å².